The first-order chi connectivity index (χ1) is 10.7. The monoisotopic (exact) mass is 322 g/mol. The van der Waals surface area contributed by atoms with Gasteiger partial charge in [-0.05, 0) is 65.8 Å². The van der Waals surface area contributed by atoms with Gasteiger partial charge in [-0.2, -0.15) is 0 Å². The van der Waals surface area contributed by atoms with Gasteiger partial charge in [0.1, 0.15) is 22.7 Å². The molecule has 6 heteroatoms. The number of ether oxygens (including phenoxy) is 2. The number of nitrogens with one attached hydrogen (secondary N) is 2. The molecule has 0 radical (unpaired) electrons. The lowest BCUT2D eigenvalue weighted by atomic mass is 9.94. The van der Waals surface area contributed by atoms with Gasteiger partial charge in [0, 0.05) is 6.07 Å². The van der Waals surface area contributed by atoms with Crippen LogP contribution in [0.15, 0.2) is 18.2 Å². The maximum Gasteiger partial charge on any atom is 0.412 e. The van der Waals surface area contributed by atoms with E-state index in [1.807, 2.05) is 0 Å². The standard InChI is InChI=1S/C17H26N2O4/c1-16(2,3)23-15(21)19-13-6-5-12(11-14(13)20)22-17(4)7-9-18-10-8-17/h5-6,11,18,20H,7-10H2,1-4H3,(H,19,21). The van der Waals surface area contributed by atoms with E-state index < -0.39 is 11.7 Å². The van der Waals surface area contributed by atoms with Crippen molar-refractivity contribution in [2.75, 3.05) is 18.4 Å². The Hall–Kier alpha value is -1.95. The molecular formula is C17H26N2O4. The highest BCUT2D eigenvalue weighted by Crippen LogP contribution is 2.32. The fraction of sp³-hybridized carbons (Fsp3) is 0.588. The summed E-state index contributed by atoms with van der Waals surface area (Å²) in [6.45, 7) is 9.24. The van der Waals surface area contributed by atoms with E-state index in [0.29, 0.717) is 11.4 Å². The van der Waals surface area contributed by atoms with E-state index in [2.05, 4.69) is 17.6 Å². The van der Waals surface area contributed by atoms with Gasteiger partial charge in [0.2, 0.25) is 0 Å². The molecule has 0 spiro atoms. The van der Waals surface area contributed by atoms with Crippen molar-refractivity contribution in [3.8, 4) is 11.5 Å². The topological polar surface area (TPSA) is 79.8 Å². The Kier molecular flexibility index (Phi) is 5.04. The van der Waals surface area contributed by atoms with Crippen molar-refractivity contribution in [1.82, 2.24) is 5.32 Å². The fourth-order valence-corrected chi connectivity index (χ4v) is 2.44. The Labute approximate surface area is 137 Å². The minimum absolute atomic E-state index is 0.0501. The molecule has 23 heavy (non-hydrogen) atoms. The molecule has 1 aromatic carbocycles. The van der Waals surface area contributed by atoms with Crippen molar-refractivity contribution in [1.29, 1.82) is 0 Å². The van der Waals surface area contributed by atoms with Crippen LogP contribution in [0, 0.1) is 0 Å². The van der Waals surface area contributed by atoms with Crippen molar-refractivity contribution < 1.29 is 19.4 Å². The zero-order valence-corrected chi connectivity index (χ0v) is 14.2. The number of piperidine rings is 1. The van der Waals surface area contributed by atoms with Crippen LogP contribution in [0.25, 0.3) is 0 Å². The molecule has 2 rings (SSSR count). The highest BCUT2D eigenvalue weighted by Gasteiger charge is 2.29. The second-order valence-corrected chi connectivity index (χ2v) is 7.11. The van der Waals surface area contributed by atoms with Crippen LogP contribution in [0.3, 0.4) is 0 Å². The number of hydrogen-bond acceptors (Lipinski definition) is 5. The van der Waals surface area contributed by atoms with E-state index in [1.165, 1.54) is 6.07 Å². The average molecular weight is 322 g/mol. The van der Waals surface area contributed by atoms with E-state index in [1.54, 1.807) is 32.9 Å². The van der Waals surface area contributed by atoms with Gasteiger partial charge in [-0.1, -0.05) is 0 Å². The summed E-state index contributed by atoms with van der Waals surface area (Å²) in [6.07, 6.45) is 1.21. The molecule has 0 saturated carbocycles. The summed E-state index contributed by atoms with van der Waals surface area (Å²) in [4.78, 5) is 11.8. The molecular weight excluding hydrogens is 296 g/mol. The summed E-state index contributed by atoms with van der Waals surface area (Å²) in [5.74, 6) is 0.535. The molecule has 0 unspecified atom stereocenters. The number of hydrogen-bond donors (Lipinski definition) is 3. The zero-order valence-electron chi connectivity index (χ0n) is 14.2. The summed E-state index contributed by atoms with van der Waals surface area (Å²) in [5.41, 5.74) is -0.536. The molecule has 1 heterocycles. The van der Waals surface area contributed by atoms with Gasteiger partial charge in [-0.3, -0.25) is 5.32 Å². The molecule has 1 fully saturated rings. The largest absolute Gasteiger partial charge is 0.506 e. The second kappa shape index (κ2) is 6.66. The van der Waals surface area contributed by atoms with Crippen molar-refractivity contribution >= 4 is 11.8 Å². The first-order valence-electron chi connectivity index (χ1n) is 7.90. The Balaban J connectivity index is 2.01. The van der Waals surface area contributed by atoms with Crippen molar-refractivity contribution in [2.24, 2.45) is 0 Å². The van der Waals surface area contributed by atoms with Crippen LogP contribution in [0.4, 0.5) is 10.5 Å². The van der Waals surface area contributed by atoms with Gasteiger partial charge < -0.3 is 19.9 Å². The second-order valence-electron chi connectivity index (χ2n) is 7.11. The Morgan fingerprint density at radius 2 is 1.96 bits per heavy atom. The minimum Gasteiger partial charge on any atom is -0.506 e. The normalized spacial score (nSPS) is 17.4. The highest BCUT2D eigenvalue weighted by molar-refractivity contribution is 5.87. The van der Waals surface area contributed by atoms with E-state index in [4.69, 9.17) is 9.47 Å². The number of phenolic OH excluding ortho intramolecular Hbond substituents is 1. The molecule has 3 N–H and O–H groups in total. The smallest absolute Gasteiger partial charge is 0.412 e. The summed E-state index contributed by atoms with van der Waals surface area (Å²) in [5, 5.41) is 15.9. The first kappa shape index (κ1) is 17.4. The molecule has 0 atom stereocenters. The maximum absolute atomic E-state index is 11.8. The third kappa shape index (κ3) is 5.32. The van der Waals surface area contributed by atoms with Crippen molar-refractivity contribution in [3.63, 3.8) is 0 Å². The van der Waals surface area contributed by atoms with Gasteiger partial charge in [-0.25, -0.2) is 4.79 Å². The molecule has 128 valence electrons. The predicted molar refractivity (Wildman–Crippen MR) is 89.1 cm³/mol. The number of anilines is 1. The number of aromatic hydroxyl groups is 1. The Morgan fingerprint density at radius 3 is 2.52 bits per heavy atom. The van der Waals surface area contributed by atoms with E-state index >= 15 is 0 Å². The number of amides is 1. The Bertz CT molecular complexity index is 560. The summed E-state index contributed by atoms with van der Waals surface area (Å²) in [6, 6.07) is 4.86. The number of carbonyl (C=O) groups is 1. The summed E-state index contributed by atoms with van der Waals surface area (Å²) >= 11 is 0. The Morgan fingerprint density at radius 1 is 1.30 bits per heavy atom. The lowest BCUT2D eigenvalue weighted by molar-refractivity contribution is 0.0552. The van der Waals surface area contributed by atoms with Gasteiger partial charge in [-0.15, -0.1) is 0 Å². The zero-order chi connectivity index (χ0) is 17.1. The van der Waals surface area contributed by atoms with Crippen LogP contribution in [-0.4, -0.2) is 35.5 Å². The van der Waals surface area contributed by atoms with Crippen molar-refractivity contribution in [3.05, 3.63) is 18.2 Å². The molecule has 0 aromatic heterocycles. The van der Waals surface area contributed by atoms with Crippen LogP contribution in [0.5, 0.6) is 11.5 Å². The third-order valence-electron chi connectivity index (χ3n) is 3.63. The average Bonchev–Trinajstić information content (AvgIpc) is 2.40. The van der Waals surface area contributed by atoms with Crippen LogP contribution < -0.4 is 15.4 Å². The summed E-state index contributed by atoms with van der Waals surface area (Å²) in [7, 11) is 0. The molecule has 1 aliphatic rings. The molecule has 1 saturated heterocycles. The van der Waals surface area contributed by atoms with E-state index in [9.17, 15) is 9.90 Å². The molecule has 0 aliphatic carbocycles. The molecule has 1 amide bonds. The summed E-state index contributed by atoms with van der Waals surface area (Å²) < 4.78 is 11.2. The lowest BCUT2D eigenvalue weighted by Crippen LogP contribution is -2.43. The first-order valence-corrected chi connectivity index (χ1v) is 7.90. The SMILES string of the molecule is CC(C)(C)OC(=O)Nc1ccc(OC2(C)CCNCC2)cc1O. The number of carbonyl (C=O) groups excluding carboxylic acids is 1. The van der Waals surface area contributed by atoms with E-state index in [0.717, 1.165) is 25.9 Å². The van der Waals surface area contributed by atoms with Crippen LogP contribution in [0.1, 0.15) is 40.5 Å². The molecule has 6 nitrogen and oxygen atoms in total. The molecule has 0 bridgehead atoms. The molecule has 1 aliphatic heterocycles. The minimum atomic E-state index is -0.605. The number of rotatable bonds is 3. The maximum atomic E-state index is 11.8. The van der Waals surface area contributed by atoms with Crippen LogP contribution in [0.2, 0.25) is 0 Å². The van der Waals surface area contributed by atoms with Gasteiger partial charge in [0.05, 0.1) is 5.69 Å². The number of benzene rings is 1. The van der Waals surface area contributed by atoms with Gasteiger partial charge in [0.25, 0.3) is 0 Å². The van der Waals surface area contributed by atoms with E-state index in [-0.39, 0.29) is 11.4 Å². The third-order valence-corrected chi connectivity index (χ3v) is 3.63. The van der Waals surface area contributed by atoms with Crippen LogP contribution in [-0.2, 0) is 4.74 Å². The van der Waals surface area contributed by atoms with Gasteiger partial charge >= 0.3 is 6.09 Å². The quantitative estimate of drug-likeness (QED) is 0.744. The number of phenols is 1. The lowest BCUT2D eigenvalue weighted by Gasteiger charge is -2.34. The highest BCUT2D eigenvalue weighted by atomic mass is 16.6. The van der Waals surface area contributed by atoms with Crippen molar-refractivity contribution in [2.45, 2.75) is 51.7 Å². The van der Waals surface area contributed by atoms with Crippen LogP contribution >= 0.6 is 0 Å². The predicted octanol–water partition coefficient (Wildman–Crippen LogP) is 3.26. The molecule has 1 aromatic rings. The fourth-order valence-electron chi connectivity index (χ4n) is 2.44. The van der Waals surface area contributed by atoms with Gasteiger partial charge in [0.15, 0.2) is 0 Å².